The van der Waals surface area contributed by atoms with E-state index in [0.29, 0.717) is 12.5 Å². The van der Waals surface area contributed by atoms with Crippen LogP contribution in [-0.4, -0.2) is 16.5 Å². The number of hydrogen-bond acceptors (Lipinski definition) is 4. The van der Waals surface area contributed by atoms with Crippen LogP contribution in [-0.2, 0) is 6.42 Å². The van der Waals surface area contributed by atoms with Crippen LogP contribution >= 0.6 is 0 Å². The van der Waals surface area contributed by atoms with Crippen LogP contribution in [0.2, 0.25) is 0 Å². The van der Waals surface area contributed by atoms with Crippen LogP contribution in [0.5, 0.6) is 5.88 Å². The fraction of sp³-hybridized carbons (Fsp3) is 0.375. The van der Waals surface area contributed by atoms with Crippen LogP contribution in [0.1, 0.15) is 37.0 Å². The van der Waals surface area contributed by atoms with Gasteiger partial charge in [0.2, 0.25) is 11.8 Å². The minimum atomic E-state index is -0.528. The molecule has 0 bridgehead atoms. The quantitative estimate of drug-likeness (QED) is 0.935. The predicted molar refractivity (Wildman–Crippen MR) is 78.9 cm³/mol. The van der Waals surface area contributed by atoms with Crippen LogP contribution in [0.3, 0.4) is 0 Å². The summed E-state index contributed by atoms with van der Waals surface area (Å²) in [6.45, 7) is 2.61. The van der Waals surface area contributed by atoms with Gasteiger partial charge in [-0.25, -0.2) is 4.98 Å². The minimum Gasteiger partial charge on any atom is -0.467 e. The number of anilines is 1. The van der Waals surface area contributed by atoms with Crippen molar-refractivity contribution in [2.45, 2.75) is 32.3 Å². The van der Waals surface area contributed by atoms with Gasteiger partial charge >= 0.3 is 0 Å². The fourth-order valence-electron chi connectivity index (χ4n) is 2.64. The molecular formula is C16H18FN3O. The normalized spacial score (nSPS) is 17.1. The first-order chi connectivity index (χ1) is 10.3. The van der Waals surface area contributed by atoms with E-state index in [4.69, 9.17) is 4.74 Å². The maximum absolute atomic E-state index is 13.9. The van der Waals surface area contributed by atoms with Gasteiger partial charge in [0, 0.05) is 6.54 Å². The number of aromatic nitrogens is 2. The third-order valence-electron chi connectivity index (χ3n) is 3.62. The topological polar surface area (TPSA) is 47.0 Å². The van der Waals surface area contributed by atoms with Crippen molar-refractivity contribution in [1.82, 2.24) is 9.97 Å². The third-order valence-corrected chi connectivity index (χ3v) is 3.62. The number of halogens is 1. The third kappa shape index (κ3) is 2.96. The van der Waals surface area contributed by atoms with Crippen LogP contribution in [0.15, 0.2) is 30.5 Å². The molecule has 0 radical (unpaired) electrons. The zero-order valence-corrected chi connectivity index (χ0v) is 12.0. The van der Waals surface area contributed by atoms with Crippen molar-refractivity contribution in [3.8, 4) is 5.88 Å². The molecule has 1 N–H and O–H groups in total. The zero-order chi connectivity index (χ0) is 14.7. The molecular weight excluding hydrogens is 269 g/mol. The first-order valence-electron chi connectivity index (χ1n) is 7.28. The lowest BCUT2D eigenvalue weighted by Crippen LogP contribution is -2.16. The summed E-state index contributed by atoms with van der Waals surface area (Å²) in [7, 11) is 0. The summed E-state index contributed by atoms with van der Waals surface area (Å²) in [5, 5.41) is 2.96. The summed E-state index contributed by atoms with van der Waals surface area (Å²) < 4.78 is 19.7. The Morgan fingerprint density at radius 3 is 3.10 bits per heavy atom. The Kier molecular flexibility index (Phi) is 3.99. The van der Waals surface area contributed by atoms with Gasteiger partial charge in [0.1, 0.15) is 6.10 Å². The number of aryl methyl sites for hydroxylation is 1. The number of rotatable bonds is 4. The molecule has 0 saturated carbocycles. The van der Waals surface area contributed by atoms with Crippen LogP contribution < -0.4 is 10.1 Å². The van der Waals surface area contributed by atoms with Crippen LogP contribution in [0.25, 0.3) is 0 Å². The van der Waals surface area contributed by atoms with Crippen LogP contribution in [0, 0.1) is 5.82 Å². The second-order valence-corrected chi connectivity index (χ2v) is 5.07. The van der Waals surface area contributed by atoms with Crippen LogP contribution in [0.4, 0.5) is 10.3 Å². The largest absolute Gasteiger partial charge is 0.467 e. The van der Waals surface area contributed by atoms with E-state index < -0.39 is 5.82 Å². The second kappa shape index (κ2) is 6.08. The Morgan fingerprint density at radius 1 is 1.38 bits per heavy atom. The van der Waals surface area contributed by atoms with E-state index in [0.717, 1.165) is 31.0 Å². The number of fused-ring (bicyclic) bond motifs is 1. The fourth-order valence-corrected chi connectivity index (χ4v) is 2.64. The first kappa shape index (κ1) is 13.8. The van der Waals surface area contributed by atoms with E-state index in [1.54, 1.807) is 0 Å². The summed E-state index contributed by atoms with van der Waals surface area (Å²) in [4.78, 5) is 8.00. The van der Waals surface area contributed by atoms with Crippen molar-refractivity contribution in [3.63, 3.8) is 0 Å². The van der Waals surface area contributed by atoms with E-state index >= 15 is 0 Å². The average molecular weight is 287 g/mol. The van der Waals surface area contributed by atoms with E-state index in [9.17, 15) is 4.39 Å². The molecule has 1 aromatic carbocycles. The van der Waals surface area contributed by atoms with Gasteiger partial charge in [-0.1, -0.05) is 24.3 Å². The molecule has 1 aliphatic rings. The molecule has 3 rings (SSSR count). The molecule has 0 amide bonds. The lowest BCUT2D eigenvalue weighted by molar-refractivity contribution is 0.167. The van der Waals surface area contributed by atoms with E-state index in [-0.39, 0.29) is 12.0 Å². The molecule has 5 heteroatoms. The van der Waals surface area contributed by atoms with Gasteiger partial charge in [-0.05, 0) is 37.3 Å². The van der Waals surface area contributed by atoms with Crippen molar-refractivity contribution >= 4 is 5.95 Å². The Balaban J connectivity index is 1.86. The minimum absolute atomic E-state index is 0.0163. The molecule has 0 saturated heterocycles. The van der Waals surface area contributed by atoms with Gasteiger partial charge in [-0.15, -0.1) is 0 Å². The second-order valence-electron chi connectivity index (χ2n) is 5.07. The molecule has 0 aliphatic heterocycles. The van der Waals surface area contributed by atoms with Crippen molar-refractivity contribution in [2.75, 3.05) is 11.9 Å². The standard InChI is InChI=1S/C16H18FN3O/c1-2-18-16-19-10-13(17)15(20-16)21-14-9-5-7-11-6-3-4-8-12(11)14/h3-4,6,8,10,14H,2,5,7,9H2,1H3,(H,18,19,20). The Labute approximate surface area is 123 Å². The Bertz CT molecular complexity index is 633. The summed E-state index contributed by atoms with van der Waals surface area (Å²) in [5.74, 6) is -0.125. The molecule has 0 fully saturated rings. The van der Waals surface area contributed by atoms with E-state index in [1.807, 2.05) is 25.1 Å². The SMILES string of the molecule is CCNc1ncc(F)c(OC2CCCc3ccccc32)n1. The van der Waals surface area contributed by atoms with Crippen molar-refractivity contribution in [1.29, 1.82) is 0 Å². The van der Waals surface area contributed by atoms with Crippen molar-refractivity contribution in [3.05, 3.63) is 47.4 Å². The smallest absolute Gasteiger partial charge is 0.255 e. The Morgan fingerprint density at radius 2 is 2.24 bits per heavy atom. The van der Waals surface area contributed by atoms with Gasteiger partial charge in [-0.3, -0.25) is 0 Å². The number of benzene rings is 1. The van der Waals surface area contributed by atoms with Gasteiger partial charge in [0.05, 0.1) is 6.20 Å². The molecule has 1 aliphatic carbocycles. The molecule has 0 spiro atoms. The highest BCUT2D eigenvalue weighted by atomic mass is 19.1. The summed E-state index contributed by atoms with van der Waals surface area (Å²) in [6.07, 6.45) is 3.96. The zero-order valence-electron chi connectivity index (χ0n) is 12.0. The van der Waals surface area contributed by atoms with Gasteiger partial charge < -0.3 is 10.1 Å². The molecule has 2 aromatic rings. The lowest BCUT2D eigenvalue weighted by atomic mass is 9.89. The van der Waals surface area contributed by atoms with Crippen molar-refractivity contribution in [2.24, 2.45) is 0 Å². The maximum atomic E-state index is 13.9. The first-order valence-corrected chi connectivity index (χ1v) is 7.28. The molecule has 1 atom stereocenters. The monoisotopic (exact) mass is 287 g/mol. The molecule has 4 nitrogen and oxygen atoms in total. The summed E-state index contributed by atoms with van der Waals surface area (Å²) in [5.41, 5.74) is 2.40. The summed E-state index contributed by atoms with van der Waals surface area (Å²) in [6, 6.07) is 8.16. The highest BCUT2D eigenvalue weighted by Gasteiger charge is 2.23. The molecule has 110 valence electrons. The predicted octanol–water partition coefficient (Wildman–Crippen LogP) is 3.50. The molecule has 1 aromatic heterocycles. The number of hydrogen-bond donors (Lipinski definition) is 1. The number of ether oxygens (including phenoxy) is 1. The van der Waals surface area contributed by atoms with Crippen molar-refractivity contribution < 1.29 is 9.13 Å². The highest BCUT2D eigenvalue weighted by Crippen LogP contribution is 2.33. The lowest BCUT2D eigenvalue weighted by Gasteiger charge is -2.25. The summed E-state index contributed by atoms with van der Waals surface area (Å²) >= 11 is 0. The molecule has 1 unspecified atom stereocenters. The maximum Gasteiger partial charge on any atom is 0.255 e. The van der Waals surface area contributed by atoms with E-state index in [1.165, 1.54) is 5.56 Å². The van der Waals surface area contributed by atoms with Gasteiger partial charge in [0.25, 0.3) is 5.88 Å². The van der Waals surface area contributed by atoms with Gasteiger partial charge in [-0.2, -0.15) is 9.37 Å². The Hall–Kier alpha value is -2.17. The number of nitrogens with one attached hydrogen (secondary N) is 1. The van der Waals surface area contributed by atoms with Gasteiger partial charge in [0.15, 0.2) is 0 Å². The molecule has 21 heavy (non-hydrogen) atoms. The highest BCUT2D eigenvalue weighted by molar-refractivity contribution is 5.33. The average Bonchev–Trinajstić information content (AvgIpc) is 2.51. The molecule has 1 heterocycles. The number of nitrogens with zero attached hydrogens (tertiary/aromatic N) is 2. The van der Waals surface area contributed by atoms with E-state index in [2.05, 4.69) is 21.4 Å².